The number of ether oxygens (including phenoxy) is 1. The number of anilines is 2. The van der Waals surface area contributed by atoms with Gasteiger partial charge in [0.15, 0.2) is 15.5 Å². The Labute approximate surface area is 201 Å². The molecule has 3 rings (SSSR count). The van der Waals surface area contributed by atoms with Crippen molar-refractivity contribution in [2.45, 2.75) is 11.3 Å². The molecule has 0 aliphatic rings. The Morgan fingerprint density at radius 1 is 1.09 bits per heavy atom. The summed E-state index contributed by atoms with van der Waals surface area (Å²) in [5, 5.41) is 5.63. The molecule has 0 saturated carbocycles. The predicted molar refractivity (Wildman–Crippen MR) is 128 cm³/mol. The highest BCUT2D eigenvalue weighted by Gasteiger charge is 2.20. The van der Waals surface area contributed by atoms with Gasteiger partial charge in [-0.15, -0.1) is 0 Å². The van der Waals surface area contributed by atoms with E-state index in [1.165, 1.54) is 42.7 Å². The minimum atomic E-state index is -3.52. The van der Waals surface area contributed by atoms with Crippen LogP contribution in [0.1, 0.15) is 27.3 Å². The average molecular weight is 504 g/mol. The molecule has 0 bridgehead atoms. The van der Waals surface area contributed by atoms with Gasteiger partial charge < -0.3 is 21.1 Å². The van der Waals surface area contributed by atoms with Gasteiger partial charge in [0.05, 0.1) is 27.8 Å². The van der Waals surface area contributed by atoms with Gasteiger partial charge in [-0.2, -0.15) is 0 Å². The summed E-state index contributed by atoms with van der Waals surface area (Å²) in [5.41, 5.74) is 5.66. The second-order valence-corrected chi connectivity index (χ2v) is 9.54. The zero-order valence-electron chi connectivity index (χ0n) is 18.1. The maximum atomic E-state index is 13.0. The number of hydrogen-bond donors (Lipinski definition) is 3. The van der Waals surface area contributed by atoms with Gasteiger partial charge in [-0.3, -0.25) is 9.59 Å². The van der Waals surface area contributed by atoms with Gasteiger partial charge in [-0.25, -0.2) is 18.4 Å². The van der Waals surface area contributed by atoms with Gasteiger partial charge >= 0.3 is 0 Å². The molecule has 1 aromatic carbocycles. The lowest BCUT2D eigenvalue weighted by Gasteiger charge is -2.14. The third kappa shape index (κ3) is 6.50. The molecule has 0 spiro atoms. The molecule has 10 nitrogen and oxygen atoms in total. The van der Waals surface area contributed by atoms with Gasteiger partial charge in [0.1, 0.15) is 11.6 Å². The molecule has 0 saturated heterocycles. The van der Waals surface area contributed by atoms with E-state index < -0.39 is 21.7 Å². The van der Waals surface area contributed by atoms with E-state index in [9.17, 15) is 18.0 Å². The van der Waals surface area contributed by atoms with Crippen LogP contribution in [0.25, 0.3) is 0 Å². The number of rotatable bonds is 9. The second-order valence-electron chi connectivity index (χ2n) is 7.09. The van der Waals surface area contributed by atoms with Crippen LogP contribution in [0.5, 0.6) is 5.75 Å². The van der Waals surface area contributed by atoms with Crippen LogP contribution >= 0.6 is 11.6 Å². The Kier molecular flexibility index (Phi) is 8.16. The zero-order valence-corrected chi connectivity index (χ0v) is 19.7. The van der Waals surface area contributed by atoms with Crippen LogP contribution in [0.4, 0.5) is 11.5 Å². The molecule has 12 heteroatoms. The molecule has 34 heavy (non-hydrogen) atoms. The fourth-order valence-electron chi connectivity index (χ4n) is 2.81. The molecule has 4 N–H and O–H groups in total. The van der Waals surface area contributed by atoms with Crippen molar-refractivity contribution in [1.82, 2.24) is 9.97 Å². The minimum Gasteiger partial charge on any atom is -0.493 e. The molecule has 0 aliphatic heterocycles. The molecule has 0 aliphatic carbocycles. The lowest BCUT2D eigenvalue weighted by Crippen LogP contribution is -2.20. The normalized spacial score (nSPS) is 11.0. The lowest BCUT2D eigenvalue weighted by molar-refractivity contribution is 0.102. The van der Waals surface area contributed by atoms with Crippen molar-refractivity contribution in [1.29, 1.82) is 0 Å². The van der Waals surface area contributed by atoms with E-state index in [2.05, 4.69) is 20.6 Å². The lowest BCUT2D eigenvalue weighted by atomic mass is 10.1. The number of pyridine rings is 2. The van der Waals surface area contributed by atoms with E-state index in [1.54, 1.807) is 12.1 Å². The highest BCUT2D eigenvalue weighted by atomic mass is 35.5. The molecular weight excluding hydrogens is 482 g/mol. The standard InChI is InChI=1S/C22H22ClN5O5S/c1-34(31,32)15-6-7-16(18(12-15)33-11-3-9-24)21(29)27-17-4-2-10-25-20(17)22(30)28-19-8-5-14(23)13-26-19/h2,4-8,10,12-13H,3,9,11,24H2,1H3,(H,27,29)(H,26,28,30). The van der Waals surface area contributed by atoms with Crippen LogP contribution in [-0.2, 0) is 9.84 Å². The first kappa shape index (κ1) is 25.1. The van der Waals surface area contributed by atoms with Crippen molar-refractivity contribution in [3.05, 3.63) is 71.1 Å². The third-order valence-corrected chi connectivity index (χ3v) is 5.81. The van der Waals surface area contributed by atoms with Gasteiger partial charge in [0.25, 0.3) is 11.8 Å². The summed E-state index contributed by atoms with van der Waals surface area (Å²) < 4.78 is 29.5. The van der Waals surface area contributed by atoms with Crippen molar-refractivity contribution < 1.29 is 22.7 Å². The van der Waals surface area contributed by atoms with Crippen molar-refractivity contribution in [3.63, 3.8) is 0 Å². The SMILES string of the molecule is CS(=O)(=O)c1ccc(C(=O)Nc2cccnc2C(=O)Nc2ccc(Cl)cn2)c(OCCCN)c1. The maximum absolute atomic E-state index is 13.0. The van der Waals surface area contributed by atoms with Gasteiger partial charge in [0, 0.05) is 18.6 Å². The van der Waals surface area contributed by atoms with Crippen LogP contribution in [0.3, 0.4) is 0 Å². The zero-order chi connectivity index (χ0) is 24.7. The molecule has 2 aromatic heterocycles. The highest BCUT2D eigenvalue weighted by molar-refractivity contribution is 7.90. The van der Waals surface area contributed by atoms with Crippen molar-refractivity contribution in [2.75, 3.05) is 30.0 Å². The Bertz CT molecular complexity index is 1300. The number of amides is 2. The van der Waals surface area contributed by atoms with Gasteiger partial charge in [-0.05, 0) is 55.4 Å². The van der Waals surface area contributed by atoms with Crippen LogP contribution < -0.4 is 21.1 Å². The molecule has 0 radical (unpaired) electrons. The maximum Gasteiger partial charge on any atom is 0.277 e. The number of benzene rings is 1. The number of carbonyl (C=O) groups excluding carboxylic acids is 2. The monoisotopic (exact) mass is 503 g/mol. The summed E-state index contributed by atoms with van der Waals surface area (Å²) in [7, 11) is -3.52. The summed E-state index contributed by atoms with van der Waals surface area (Å²) in [6.45, 7) is 0.558. The highest BCUT2D eigenvalue weighted by Crippen LogP contribution is 2.25. The predicted octanol–water partition coefficient (Wildman–Crippen LogP) is 2.77. The summed E-state index contributed by atoms with van der Waals surface area (Å²) >= 11 is 5.81. The number of hydrogen-bond acceptors (Lipinski definition) is 8. The summed E-state index contributed by atoms with van der Waals surface area (Å²) in [4.78, 5) is 33.9. The third-order valence-electron chi connectivity index (χ3n) is 4.47. The first-order valence-corrected chi connectivity index (χ1v) is 12.3. The number of nitrogens with one attached hydrogen (secondary N) is 2. The number of nitrogens with zero attached hydrogens (tertiary/aromatic N) is 2. The first-order valence-electron chi connectivity index (χ1n) is 10.1. The smallest absolute Gasteiger partial charge is 0.277 e. The Hall–Kier alpha value is -3.54. The van der Waals surface area contributed by atoms with Crippen LogP contribution in [-0.4, -0.2) is 49.6 Å². The number of aromatic nitrogens is 2. The molecule has 3 aromatic rings. The van der Waals surface area contributed by atoms with E-state index in [0.717, 1.165) is 6.26 Å². The Balaban J connectivity index is 1.86. The van der Waals surface area contributed by atoms with E-state index in [-0.39, 0.29) is 40.0 Å². The Morgan fingerprint density at radius 2 is 1.88 bits per heavy atom. The minimum absolute atomic E-state index is 0.00343. The van der Waals surface area contributed by atoms with Crippen molar-refractivity contribution in [3.8, 4) is 5.75 Å². The first-order chi connectivity index (χ1) is 16.2. The van der Waals surface area contributed by atoms with E-state index in [1.807, 2.05) is 0 Å². The quantitative estimate of drug-likeness (QED) is 0.377. The van der Waals surface area contributed by atoms with E-state index in [0.29, 0.717) is 18.0 Å². The van der Waals surface area contributed by atoms with E-state index in [4.69, 9.17) is 22.1 Å². The molecular formula is C22H22ClN5O5S. The Morgan fingerprint density at radius 3 is 2.56 bits per heavy atom. The summed E-state index contributed by atoms with van der Waals surface area (Å²) in [6, 6.07) is 10.1. The molecule has 2 amide bonds. The fourth-order valence-corrected chi connectivity index (χ4v) is 3.56. The molecule has 2 heterocycles. The van der Waals surface area contributed by atoms with Crippen molar-refractivity contribution in [2.24, 2.45) is 5.73 Å². The molecule has 0 unspecified atom stereocenters. The second kappa shape index (κ2) is 11.1. The van der Waals surface area contributed by atoms with Gasteiger partial charge in [0.2, 0.25) is 0 Å². The largest absolute Gasteiger partial charge is 0.493 e. The van der Waals surface area contributed by atoms with Crippen LogP contribution in [0.15, 0.2) is 59.8 Å². The average Bonchev–Trinajstić information content (AvgIpc) is 2.80. The molecule has 0 fully saturated rings. The summed E-state index contributed by atoms with van der Waals surface area (Å²) in [6.07, 6.45) is 4.35. The number of nitrogens with two attached hydrogens (primary N) is 1. The number of halogens is 1. The van der Waals surface area contributed by atoms with E-state index >= 15 is 0 Å². The number of sulfone groups is 1. The molecule has 178 valence electrons. The number of carbonyl (C=O) groups is 2. The summed E-state index contributed by atoms with van der Waals surface area (Å²) in [5.74, 6) is -0.884. The van der Waals surface area contributed by atoms with Gasteiger partial charge in [-0.1, -0.05) is 11.6 Å². The molecule has 0 atom stereocenters. The van der Waals surface area contributed by atoms with Crippen LogP contribution in [0.2, 0.25) is 5.02 Å². The van der Waals surface area contributed by atoms with Crippen LogP contribution in [0, 0.1) is 0 Å². The van der Waals surface area contributed by atoms with Crippen molar-refractivity contribution >= 4 is 44.8 Å². The topological polar surface area (TPSA) is 153 Å². The fraction of sp³-hybridized carbons (Fsp3) is 0.182.